The normalized spacial score (nSPS) is 17.4. The molecule has 0 radical (unpaired) electrons. The van der Waals surface area contributed by atoms with Crippen LogP contribution >= 0.6 is 0 Å². The summed E-state index contributed by atoms with van der Waals surface area (Å²) < 4.78 is 27.2. The Morgan fingerprint density at radius 1 is 1.18 bits per heavy atom. The van der Waals surface area contributed by atoms with Crippen LogP contribution < -0.4 is 5.32 Å². The van der Waals surface area contributed by atoms with Crippen LogP contribution in [-0.2, 0) is 6.54 Å². The van der Waals surface area contributed by atoms with Gasteiger partial charge in [0.25, 0.3) is 0 Å². The highest BCUT2D eigenvalue weighted by atomic mass is 19.1. The summed E-state index contributed by atoms with van der Waals surface area (Å²) in [4.78, 5) is 0. The van der Waals surface area contributed by atoms with Crippen molar-refractivity contribution in [3.63, 3.8) is 0 Å². The van der Waals surface area contributed by atoms with E-state index < -0.39 is 11.6 Å². The fraction of sp³-hybridized carbons (Fsp3) is 0.571. The summed E-state index contributed by atoms with van der Waals surface area (Å²) in [6, 6.07) is 3.24. The molecule has 1 aromatic rings. The molecule has 0 bridgehead atoms. The van der Waals surface area contributed by atoms with Gasteiger partial charge in [-0.25, -0.2) is 8.78 Å². The van der Waals surface area contributed by atoms with E-state index in [0.29, 0.717) is 18.2 Å². The maximum Gasteiger partial charge on any atom is 0.133 e. The molecule has 0 atom stereocenters. The Morgan fingerprint density at radius 3 is 2.59 bits per heavy atom. The minimum atomic E-state index is -0.448. The summed E-state index contributed by atoms with van der Waals surface area (Å²) in [6.07, 6.45) is 5.96. The zero-order chi connectivity index (χ0) is 12.3. The molecular weight excluding hydrogens is 220 g/mol. The zero-order valence-electron chi connectivity index (χ0n) is 10.2. The molecule has 0 unspecified atom stereocenters. The lowest BCUT2D eigenvalue weighted by Crippen LogP contribution is -2.31. The van der Waals surface area contributed by atoms with E-state index >= 15 is 0 Å². The van der Waals surface area contributed by atoms with Crippen molar-refractivity contribution >= 4 is 0 Å². The van der Waals surface area contributed by atoms with Crippen LogP contribution in [-0.4, -0.2) is 6.04 Å². The van der Waals surface area contributed by atoms with Gasteiger partial charge in [0.05, 0.1) is 0 Å². The van der Waals surface area contributed by atoms with Gasteiger partial charge in [-0.1, -0.05) is 25.3 Å². The number of halogens is 2. The Hall–Kier alpha value is -0.960. The average molecular weight is 239 g/mol. The maximum atomic E-state index is 13.7. The summed E-state index contributed by atoms with van der Waals surface area (Å²) in [7, 11) is 0. The molecule has 1 aromatic carbocycles. The first-order valence-corrected chi connectivity index (χ1v) is 6.35. The van der Waals surface area contributed by atoms with Gasteiger partial charge in [-0.3, -0.25) is 0 Å². The van der Waals surface area contributed by atoms with Gasteiger partial charge in [-0.15, -0.1) is 0 Å². The Balaban J connectivity index is 2.00. The van der Waals surface area contributed by atoms with Crippen molar-refractivity contribution in [3.05, 3.63) is 34.9 Å². The molecule has 0 aliphatic heterocycles. The van der Waals surface area contributed by atoms with Crippen molar-refractivity contribution in [2.24, 2.45) is 0 Å². The molecule has 1 aliphatic carbocycles. The molecule has 1 aliphatic rings. The first-order chi connectivity index (χ1) is 8.18. The van der Waals surface area contributed by atoms with Gasteiger partial charge in [0.2, 0.25) is 0 Å². The Bertz CT molecular complexity index is 384. The SMILES string of the molecule is Cc1ccc(F)c(CNC2CCCCC2)c1F. The third-order valence-electron chi connectivity index (χ3n) is 3.55. The highest BCUT2D eigenvalue weighted by Crippen LogP contribution is 2.20. The number of benzene rings is 1. The van der Waals surface area contributed by atoms with Crippen LogP contribution in [0, 0.1) is 18.6 Å². The smallest absolute Gasteiger partial charge is 0.133 e. The van der Waals surface area contributed by atoms with E-state index in [0.717, 1.165) is 12.8 Å². The van der Waals surface area contributed by atoms with Crippen molar-refractivity contribution in [2.75, 3.05) is 0 Å². The van der Waals surface area contributed by atoms with Crippen LogP contribution in [0.5, 0.6) is 0 Å². The Kier molecular flexibility index (Phi) is 4.11. The van der Waals surface area contributed by atoms with Crippen molar-refractivity contribution in [1.82, 2.24) is 5.32 Å². The predicted octanol–water partition coefficient (Wildman–Crippen LogP) is 3.70. The summed E-state index contributed by atoms with van der Waals surface area (Å²) in [6.45, 7) is 1.96. The number of rotatable bonds is 3. The van der Waals surface area contributed by atoms with Gasteiger partial charge in [-0.2, -0.15) is 0 Å². The lowest BCUT2D eigenvalue weighted by molar-refractivity contribution is 0.367. The second-order valence-corrected chi connectivity index (χ2v) is 4.87. The van der Waals surface area contributed by atoms with Gasteiger partial charge in [0, 0.05) is 18.2 Å². The van der Waals surface area contributed by atoms with E-state index in [4.69, 9.17) is 0 Å². The number of aryl methyl sites for hydroxylation is 1. The molecule has 1 fully saturated rings. The number of hydrogen-bond donors (Lipinski definition) is 1. The van der Waals surface area contributed by atoms with Gasteiger partial charge in [-0.05, 0) is 31.4 Å². The van der Waals surface area contributed by atoms with Crippen LogP contribution in [0.4, 0.5) is 8.78 Å². The van der Waals surface area contributed by atoms with E-state index in [1.54, 1.807) is 6.92 Å². The van der Waals surface area contributed by atoms with Crippen molar-refractivity contribution in [3.8, 4) is 0 Å². The highest BCUT2D eigenvalue weighted by Gasteiger charge is 2.16. The molecule has 94 valence electrons. The van der Waals surface area contributed by atoms with E-state index in [-0.39, 0.29) is 5.56 Å². The predicted molar refractivity (Wildman–Crippen MR) is 64.8 cm³/mol. The van der Waals surface area contributed by atoms with Crippen molar-refractivity contribution in [2.45, 2.75) is 51.6 Å². The molecule has 1 saturated carbocycles. The third-order valence-corrected chi connectivity index (χ3v) is 3.55. The molecule has 17 heavy (non-hydrogen) atoms. The molecule has 1 nitrogen and oxygen atoms in total. The monoisotopic (exact) mass is 239 g/mol. The van der Waals surface area contributed by atoms with E-state index in [2.05, 4.69) is 5.32 Å². The van der Waals surface area contributed by atoms with Crippen LogP contribution in [0.3, 0.4) is 0 Å². The van der Waals surface area contributed by atoms with Crippen molar-refractivity contribution < 1.29 is 8.78 Å². The summed E-state index contributed by atoms with van der Waals surface area (Å²) in [5.41, 5.74) is 0.683. The largest absolute Gasteiger partial charge is 0.310 e. The first-order valence-electron chi connectivity index (χ1n) is 6.35. The molecule has 0 saturated heterocycles. The Morgan fingerprint density at radius 2 is 1.88 bits per heavy atom. The van der Waals surface area contributed by atoms with Gasteiger partial charge in [0.15, 0.2) is 0 Å². The minimum Gasteiger partial charge on any atom is -0.310 e. The first kappa shape index (κ1) is 12.5. The van der Waals surface area contributed by atoms with E-state index in [1.165, 1.54) is 31.4 Å². The van der Waals surface area contributed by atoms with E-state index in [1.807, 2.05) is 0 Å². The summed E-state index contributed by atoms with van der Waals surface area (Å²) >= 11 is 0. The molecular formula is C14H19F2N. The topological polar surface area (TPSA) is 12.0 Å². The van der Waals surface area contributed by atoms with Crippen LogP contribution in [0.25, 0.3) is 0 Å². The molecule has 2 rings (SSSR count). The number of hydrogen-bond acceptors (Lipinski definition) is 1. The molecule has 0 amide bonds. The van der Waals surface area contributed by atoms with E-state index in [9.17, 15) is 8.78 Å². The second-order valence-electron chi connectivity index (χ2n) is 4.87. The summed E-state index contributed by atoms with van der Waals surface area (Å²) in [5, 5.41) is 3.27. The van der Waals surface area contributed by atoms with Crippen LogP contribution in [0.15, 0.2) is 12.1 Å². The molecule has 1 N–H and O–H groups in total. The molecule has 0 aromatic heterocycles. The fourth-order valence-corrected chi connectivity index (χ4v) is 2.43. The molecule has 0 heterocycles. The molecule has 0 spiro atoms. The fourth-order valence-electron chi connectivity index (χ4n) is 2.43. The third kappa shape index (κ3) is 3.03. The Labute approximate surface area is 101 Å². The van der Waals surface area contributed by atoms with Crippen LogP contribution in [0.2, 0.25) is 0 Å². The van der Waals surface area contributed by atoms with Crippen molar-refractivity contribution in [1.29, 1.82) is 0 Å². The second kappa shape index (κ2) is 5.58. The quantitative estimate of drug-likeness (QED) is 0.848. The zero-order valence-corrected chi connectivity index (χ0v) is 10.2. The summed E-state index contributed by atoms with van der Waals surface area (Å²) in [5.74, 6) is -0.857. The van der Waals surface area contributed by atoms with Crippen LogP contribution in [0.1, 0.15) is 43.2 Å². The maximum absolute atomic E-state index is 13.7. The standard InChI is InChI=1S/C14H19F2N/c1-10-7-8-13(15)12(14(10)16)9-17-11-5-3-2-4-6-11/h7-8,11,17H,2-6,9H2,1H3. The lowest BCUT2D eigenvalue weighted by atomic mass is 9.95. The molecule has 3 heteroatoms. The van der Waals surface area contributed by atoms with Gasteiger partial charge in [0.1, 0.15) is 11.6 Å². The number of nitrogens with one attached hydrogen (secondary N) is 1. The van der Waals surface area contributed by atoms with Gasteiger partial charge >= 0.3 is 0 Å². The highest BCUT2D eigenvalue weighted by molar-refractivity contribution is 5.26. The van der Waals surface area contributed by atoms with Gasteiger partial charge < -0.3 is 5.32 Å². The minimum absolute atomic E-state index is 0.176. The lowest BCUT2D eigenvalue weighted by Gasteiger charge is -2.23. The average Bonchev–Trinajstić information content (AvgIpc) is 2.35.